The molecule has 17 heavy (non-hydrogen) atoms. The SMILES string of the molecule is Cc1c(Cl)cccc1NCC(C)(C)CCC#N. The van der Waals surface area contributed by atoms with E-state index in [1.165, 1.54) is 0 Å². The van der Waals surface area contributed by atoms with E-state index in [1.807, 2.05) is 25.1 Å². The Morgan fingerprint density at radius 2 is 2.12 bits per heavy atom. The average molecular weight is 251 g/mol. The normalized spacial score (nSPS) is 11.0. The van der Waals surface area contributed by atoms with Gasteiger partial charge in [-0.25, -0.2) is 0 Å². The van der Waals surface area contributed by atoms with Crippen LogP contribution in [0.1, 0.15) is 32.3 Å². The van der Waals surface area contributed by atoms with Crippen molar-refractivity contribution in [1.29, 1.82) is 5.26 Å². The van der Waals surface area contributed by atoms with Gasteiger partial charge in [0.2, 0.25) is 0 Å². The van der Waals surface area contributed by atoms with E-state index in [-0.39, 0.29) is 5.41 Å². The minimum atomic E-state index is 0.116. The van der Waals surface area contributed by atoms with Gasteiger partial charge in [0.1, 0.15) is 0 Å². The molecule has 0 atom stereocenters. The van der Waals surface area contributed by atoms with Crippen LogP contribution >= 0.6 is 11.6 Å². The van der Waals surface area contributed by atoms with Gasteiger partial charge in [0.15, 0.2) is 0 Å². The molecule has 0 amide bonds. The summed E-state index contributed by atoms with van der Waals surface area (Å²) < 4.78 is 0. The third-order valence-electron chi connectivity index (χ3n) is 2.94. The number of halogens is 1. The molecule has 1 N–H and O–H groups in total. The number of benzene rings is 1. The monoisotopic (exact) mass is 250 g/mol. The van der Waals surface area contributed by atoms with Crippen molar-refractivity contribution in [3.8, 4) is 6.07 Å². The Kier molecular flexibility index (Phi) is 4.84. The molecule has 0 radical (unpaired) electrons. The van der Waals surface area contributed by atoms with Gasteiger partial charge in [0.25, 0.3) is 0 Å². The molecule has 0 fully saturated rings. The lowest BCUT2D eigenvalue weighted by Gasteiger charge is -2.25. The molecule has 0 heterocycles. The molecule has 0 saturated carbocycles. The second kappa shape index (κ2) is 5.93. The van der Waals surface area contributed by atoms with Crippen LogP contribution in [0.15, 0.2) is 18.2 Å². The minimum absolute atomic E-state index is 0.116. The molecule has 0 spiro atoms. The van der Waals surface area contributed by atoms with Crippen LogP contribution in [-0.4, -0.2) is 6.54 Å². The lowest BCUT2D eigenvalue weighted by Crippen LogP contribution is -2.23. The minimum Gasteiger partial charge on any atom is -0.384 e. The standard InChI is InChI=1S/C14H19ClN2/c1-11-12(15)6-4-7-13(11)17-10-14(2,3)8-5-9-16/h4,6-7,17H,5,8,10H2,1-3H3. The average Bonchev–Trinajstić information content (AvgIpc) is 2.29. The number of hydrogen-bond donors (Lipinski definition) is 1. The van der Waals surface area contributed by atoms with Crippen molar-refractivity contribution in [2.75, 3.05) is 11.9 Å². The zero-order chi connectivity index (χ0) is 12.9. The summed E-state index contributed by atoms with van der Waals surface area (Å²) in [6.45, 7) is 7.18. The quantitative estimate of drug-likeness (QED) is 0.841. The summed E-state index contributed by atoms with van der Waals surface area (Å²) in [5.74, 6) is 0. The lowest BCUT2D eigenvalue weighted by molar-refractivity contribution is 0.364. The maximum absolute atomic E-state index is 8.61. The summed E-state index contributed by atoms with van der Waals surface area (Å²) in [4.78, 5) is 0. The topological polar surface area (TPSA) is 35.8 Å². The molecule has 92 valence electrons. The first-order valence-corrected chi connectivity index (χ1v) is 6.20. The van der Waals surface area contributed by atoms with Gasteiger partial charge in [-0.15, -0.1) is 0 Å². The molecule has 0 saturated heterocycles. The van der Waals surface area contributed by atoms with E-state index in [2.05, 4.69) is 25.2 Å². The van der Waals surface area contributed by atoms with Crippen LogP contribution in [0.4, 0.5) is 5.69 Å². The molecule has 1 aromatic rings. The molecule has 1 rings (SSSR count). The highest BCUT2D eigenvalue weighted by molar-refractivity contribution is 6.31. The van der Waals surface area contributed by atoms with Gasteiger partial charge in [0.05, 0.1) is 6.07 Å². The van der Waals surface area contributed by atoms with Gasteiger partial charge in [-0.3, -0.25) is 0 Å². The molecular formula is C14H19ClN2. The first-order chi connectivity index (χ1) is 7.96. The van der Waals surface area contributed by atoms with E-state index in [0.29, 0.717) is 6.42 Å². The van der Waals surface area contributed by atoms with Crippen molar-refractivity contribution in [1.82, 2.24) is 0 Å². The van der Waals surface area contributed by atoms with Crippen LogP contribution in [0.25, 0.3) is 0 Å². The van der Waals surface area contributed by atoms with Crippen molar-refractivity contribution in [2.45, 2.75) is 33.6 Å². The largest absolute Gasteiger partial charge is 0.384 e. The van der Waals surface area contributed by atoms with Crippen molar-refractivity contribution < 1.29 is 0 Å². The number of nitrogens with one attached hydrogen (secondary N) is 1. The highest BCUT2D eigenvalue weighted by Gasteiger charge is 2.17. The molecule has 0 aliphatic carbocycles. The van der Waals surface area contributed by atoms with Gasteiger partial charge in [-0.2, -0.15) is 5.26 Å². The first-order valence-electron chi connectivity index (χ1n) is 5.82. The number of nitrogens with zero attached hydrogens (tertiary/aromatic N) is 1. The van der Waals surface area contributed by atoms with Crippen LogP contribution in [-0.2, 0) is 0 Å². The van der Waals surface area contributed by atoms with Crippen LogP contribution < -0.4 is 5.32 Å². The fourth-order valence-electron chi connectivity index (χ4n) is 1.62. The summed E-state index contributed by atoms with van der Waals surface area (Å²) in [6, 6.07) is 8.06. The van der Waals surface area contributed by atoms with E-state index in [1.54, 1.807) is 0 Å². The van der Waals surface area contributed by atoms with E-state index >= 15 is 0 Å². The Morgan fingerprint density at radius 1 is 1.41 bits per heavy atom. The van der Waals surface area contributed by atoms with Crippen molar-refractivity contribution in [3.05, 3.63) is 28.8 Å². The van der Waals surface area contributed by atoms with Crippen molar-refractivity contribution >= 4 is 17.3 Å². The summed E-state index contributed by atoms with van der Waals surface area (Å²) in [6.07, 6.45) is 1.50. The Morgan fingerprint density at radius 3 is 2.76 bits per heavy atom. The molecule has 0 aromatic heterocycles. The maximum atomic E-state index is 8.61. The number of rotatable bonds is 5. The second-order valence-electron chi connectivity index (χ2n) is 5.09. The smallest absolute Gasteiger partial charge is 0.0621 e. The van der Waals surface area contributed by atoms with Gasteiger partial charge < -0.3 is 5.32 Å². The van der Waals surface area contributed by atoms with Gasteiger partial charge in [0, 0.05) is 23.7 Å². The van der Waals surface area contributed by atoms with Crippen molar-refractivity contribution in [2.24, 2.45) is 5.41 Å². The predicted octanol–water partition coefficient (Wildman–Crippen LogP) is 4.39. The maximum Gasteiger partial charge on any atom is 0.0621 e. The number of anilines is 1. The molecule has 3 heteroatoms. The summed E-state index contributed by atoms with van der Waals surface area (Å²) in [7, 11) is 0. The molecule has 0 unspecified atom stereocenters. The predicted molar refractivity (Wildman–Crippen MR) is 73.3 cm³/mol. The van der Waals surface area contributed by atoms with Crippen LogP contribution in [0.3, 0.4) is 0 Å². The van der Waals surface area contributed by atoms with E-state index in [9.17, 15) is 0 Å². The van der Waals surface area contributed by atoms with E-state index < -0.39 is 0 Å². The summed E-state index contributed by atoms with van der Waals surface area (Å²) in [5.41, 5.74) is 2.26. The van der Waals surface area contributed by atoms with Crippen molar-refractivity contribution in [3.63, 3.8) is 0 Å². The van der Waals surface area contributed by atoms with Crippen LogP contribution in [0.2, 0.25) is 5.02 Å². The lowest BCUT2D eigenvalue weighted by atomic mass is 9.88. The number of hydrogen-bond acceptors (Lipinski definition) is 2. The highest BCUT2D eigenvalue weighted by atomic mass is 35.5. The number of nitriles is 1. The summed E-state index contributed by atoms with van der Waals surface area (Å²) in [5, 5.41) is 12.8. The highest BCUT2D eigenvalue weighted by Crippen LogP contribution is 2.26. The molecule has 0 aliphatic heterocycles. The van der Waals surface area contributed by atoms with Gasteiger partial charge >= 0.3 is 0 Å². The zero-order valence-electron chi connectivity index (χ0n) is 10.7. The fourth-order valence-corrected chi connectivity index (χ4v) is 1.79. The summed E-state index contributed by atoms with van der Waals surface area (Å²) >= 11 is 6.06. The zero-order valence-corrected chi connectivity index (χ0v) is 11.4. The molecule has 2 nitrogen and oxygen atoms in total. The molecular weight excluding hydrogens is 232 g/mol. The van der Waals surface area contributed by atoms with E-state index in [4.69, 9.17) is 16.9 Å². The Bertz CT molecular complexity index is 419. The van der Waals surface area contributed by atoms with Crippen LogP contribution in [0.5, 0.6) is 0 Å². The third kappa shape index (κ3) is 4.28. The third-order valence-corrected chi connectivity index (χ3v) is 3.35. The Labute approximate surface area is 109 Å². The first kappa shape index (κ1) is 13.9. The van der Waals surface area contributed by atoms with Gasteiger partial charge in [-0.1, -0.05) is 31.5 Å². The Hall–Kier alpha value is -1.20. The van der Waals surface area contributed by atoms with E-state index in [0.717, 1.165) is 29.2 Å². The Balaban J connectivity index is 2.61. The van der Waals surface area contributed by atoms with Gasteiger partial charge in [-0.05, 0) is 36.5 Å². The molecule has 1 aromatic carbocycles. The second-order valence-corrected chi connectivity index (χ2v) is 5.50. The fraction of sp³-hybridized carbons (Fsp3) is 0.500. The molecule has 0 aliphatic rings. The molecule has 0 bridgehead atoms. The van der Waals surface area contributed by atoms with Crippen LogP contribution in [0, 0.1) is 23.7 Å².